The van der Waals surface area contributed by atoms with Gasteiger partial charge in [0.25, 0.3) is 0 Å². The second kappa shape index (κ2) is 14.2. The normalized spacial score (nSPS) is 10.8. The number of rotatable bonds is 12. The van der Waals surface area contributed by atoms with Crippen LogP contribution in [0, 0.1) is 0 Å². The van der Waals surface area contributed by atoms with Crippen LogP contribution in [0.5, 0.6) is 0 Å². The van der Waals surface area contributed by atoms with E-state index in [0.717, 1.165) is 38.7 Å². The quantitative estimate of drug-likeness (QED) is 0.381. The molecule has 0 saturated heterocycles. The van der Waals surface area contributed by atoms with Crippen molar-refractivity contribution < 1.29 is 9.47 Å². The van der Waals surface area contributed by atoms with Gasteiger partial charge in [-0.1, -0.05) is 25.7 Å². The lowest BCUT2D eigenvalue weighted by Gasteiger charge is -2.04. The molecular formula is C12H25ClO2. The van der Waals surface area contributed by atoms with E-state index in [0.29, 0.717) is 0 Å². The molecule has 0 heterocycles. The summed E-state index contributed by atoms with van der Waals surface area (Å²) in [6, 6.07) is 0. The van der Waals surface area contributed by atoms with Gasteiger partial charge < -0.3 is 9.47 Å². The van der Waals surface area contributed by atoms with Crippen molar-refractivity contribution in [1.29, 1.82) is 0 Å². The maximum Gasteiger partial charge on any atom is 0.0700 e. The first kappa shape index (κ1) is 15.2. The van der Waals surface area contributed by atoms with E-state index >= 15 is 0 Å². The average molecular weight is 237 g/mol. The third kappa shape index (κ3) is 14.2. The van der Waals surface area contributed by atoms with Crippen molar-refractivity contribution in [1.82, 2.24) is 0 Å². The van der Waals surface area contributed by atoms with Crippen LogP contribution in [-0.4, -0.2) is 32.3 Å². The SMILES string of the molecule is CCOCCOCCCCCCCCCl. The van der Waals surface area contributed by atoms with E-state index in [9.17, 15) is 0 Å². The van der Waals surface area contributed by atoms with Crippen LogP contribution < -0.4 is 0 Å². The Kier molecular flexibility index (Phi) is 14.4. The van der Waals surface area contributed by atoms with Crippen LogP contribution in [0.3, 0.4) is 0 Å². The molecule has 0 saturated carbocycles. The van der Waals surface area contributed by atoms with Crippen LogP contribution in [0.1, 0.15) is 45.4 Å². The molecule has 0 N–H and O–H groups in total. The molecule has 0 radical (unpaired) electrons. The molecule has 0 spiro atoms. The molecular weight excluding hydrogens is 212 g/mol. The van der Waals surface area contributed by atoms with Crippen LogP contribution in [0.4, 0.5) is 0 Å². The Morgan fingerprint density at radius 3 is 2.00 bits per heavy atom. The molecule has 0 aliphatic carbocycles. The molecule has 0 aliphatic heterocycles. The Labute approximate surface area is 99.3 Å². The lowest BCUT2D eigenvalue weighted by Crippen LogP contribution is -2.04. The molecule has 3 heteroatoms. The number of halogens is 1. The molecule has 0 amide bonds. The van der Waals surface area contributed by atoms with Gasteiger partial charge in [-0.05, 0) is 19.8 Å². The Bertz CT molecular complexity index is 97.8. The summed E-state index contributed by atoms with van der Waals surface area (Å²) in [5.74, 6) is 0.806. The lowest BCUT2D eigenvalue weighted by molar-refractivity contribution is 0.0512. The minimum absolute atomic E-state index is 0.728. The first-order valence-corrected chi connectivity index (χ1v) is 6.66. The summed E-state index contributed by atoms with van der Waals surface area (Å²) in [7, 11) is 0. The summed E-state index contributed by atoms with van der Waals surface area (Å²) in [5.41, 5.74) is 0. The molecule has 0 aromatic rings. The third-order valence-corrected chi connectivity index (χ3v) is 2.52. The molecule has 0 aliphatic rings. The highest BCUT2D eigenvalue weighted by atomic mass is 35.5. The summed E-state index contributed by atoms with van der Waals surface area (Å²) >= 11 is 5.59. The number of ether oxygens (including phenoxy) is 2. The fourth-order valence-corrected chi connectivity index (χ4v) is 1.56. The minimum Gasteiger partial charge on any atom is -0.379 e. The van der Waals surface area contributed by atoms with Crippen LogP contribution in [0.2, 0.25) is 0 Å². The Morgan fingerprint density at radius 1 is 0.733 bits per heavy atom. The molecule has 0 atom stereocenters. The van der Waals surface area contributed by atoms with E-state index < -0.39 is 0 Å². The van der Waals surface area contributed by atoms with Gasteiger partial charge >= 0.3 is 0 Å². The summed E-state index contributed by atoms with van der Waals surface area (Å²) < 4.78 is 10.6. The molecule has 92 valence electrons. The monoisotopic (exact) mass is 236 g/mol. The molecule has 0 bridgehead atoms. The van der Waals surface area contributed by atoms with Crippen LogP contribution in [0.25, 0.3) is 0 Å². The van der Waals surface area contributed by atoms with Crippen LogP contribution >= 0.6 is 11.6 Å². The Balaban J connectivity index is 2.81. The Morgan fingerprint density at radius 2 is 1.33 bits per heavy atom. The summed E-state index contributed by atoms with van der Waals surface area (Å²) in [4.78, 5) is 0. The number of unbranched alkanes of at least 4 members (excludes halogenated alkanes) is 5. The molecule has 2 nitrogen and oxygen atoms in total. The van der Waals surface area contributed by atoms with Crippen molar-refractivity contribution in [3.8, 4) is 0 Å². The van der Waals surface area contributed by atoms with Crippen molar-refractivity contribution in [3.63, 3.8) is 0 Å². The fraction of sp³-hybridized carbons (Fsp3) is 1.00. The topological polar surface area (TPSA) is 18.5 Å². The molecule has 0 aromatic heterocycles. The van der Waals surface area contributed by atoms with Crippen LogP contribution in [0.15, 0.2) is 0 Å². The highest BCUT2D eigenvalue weighted by molar-refractivity contribution is 6.17. The molecule has 0 aromatic carbocycles. The maximum atomic E-state index is 5.59. The van der Waals surface area contributed by atoms with E-state index in [1.807, 2.05) is 6.92 Å². The van der Waals surface area contributed by atoms with Gasteiger partial charge in [-0.2, -0.15) is 0 Å². The largest absolute Gasteiger partial charge is 0.379 e. The van der Waals surface area contributed by atoms with Gasteiger partial charge in [0, 0.05) is 19.1 Å². The summed E-state index contributed by atoms with van der Waals surface area (Å²) in [6.45, 7) is 5.12. The minimum atomic E-state index is 0.728. The average Bonchev–Trinajstić information content (AvgIpc) is 2.26. The van der Waals surface area contributed by atoms with Gasteiger partial charge in [-0.25, -0.2) is 0 Å². The van der Waals surface area contributed by atoms with Gasteiger partial charge in [0.05, 0.1) is 13.2 Å². The van der Waals surface area contributed by atoms with E-state index in [-0.39, 0.29) is 0 Å². The zero-order valence-corrected chi connectivity index (χ0v) is 10.7. The summed E-state index contributed by atoms with van der Waals surface area (Å²) in [5, 5.41) is 0. The van der Waals surface area contributed by atoms with Crippen molar-refractivity contribution in [2.24, 2.45) is 0 Å². The smallest absolute Gasteiger partial charge is 0.0700 e. The molecule has 0 rings (SSSR count). The van der Waals surface area contributed by atoms with Crippen LogP contribution in [-0.2, 0) is 9.47 Å². The Hall–Kier alpha value is 0.210. The first-order chi connectivity index (χ1) is 7.41. The highest BCUT2D eigenvalue weighted by Gasteiger charge is 1.92. The third-order valence-electron chi connectivity index (χ3n) is 2.25. The molecule has 15 heavy (non-hydrogen) atoms. The number of hydrogen-bond donors (Lipinski definition) is 0. The van der Waals surface area contributed by atoms with Gasteiger partial charge in [-0.3, -0.25) is 0 Å². The predicted octanol–water partition coefficient (Wildman–Crippen LogP) is 3.62. The number of hydrogen-bond acceptors (Lipinski definition) is 2. The van der Waals surface area contributed by atoms with Crippen molar-refractivity contribution in [2.45, 2.75) is 45.4 Å². The maximum absolute atomic E-state index is 5.59. The molecule has 0 unspecified atom stereocenters. The van der Waals surface area contributed by atoms with Crippen molar-refractivity contribution in [3.05, 3.63) is 0 Å². The van der Waals surface area contributed by atoms with E-state index in [1.165, 1.54) is 32.1 Å². The van der Waals surface area contributed by atoms with E-state index in [2.05, 4.69) is 0 Å². The highest BCUT2D eigenvalue weighted by Crippen LogP contribution is 2.05. The van der Waals surface area contributed by atoms with Gasteiger partial charge in [-0.15, -0.1) is 11.6 Å². The zero-order chi connectivity index (χ0) is 11.2. The first-order valence-electron chi connectivity index (χ1n) is 6.13. The van der Waals surface area contributed by atoms with E-state index in [4.69, 9.17) is 21.1 Å². The van der Waals surface area contributed by atoms with Crippen molar-refractivity contribution >= 4 is 11.6 Å². The lowest BCUT2D eigenvalue weighted by atomic mass is 10.1. The van der Waals surface area contributed by atoms with Gasteiger partial charge in [0.1, 0.15) is 0 Å². The fourth-order valence-electron chi connectivity index (χ4n) is 1.37. The second-order valence-corrected chi connectivity index (χ2v) is 4.00. The molecule has 0 fully saturated rings. The zero-order valence-electron chi connectivity index (χ0n) is 9.97. The second-order valence-electron chi connectivity index (χ2n) is 3.62. The van der Waals surface area contributed by atoms with E-state index in [1.54, 1.807) is 0 Å². The van der Waals surface area contributed by atoms with Crippen molar-refractivity contribution in [2.75, 3.05) is 32.3 Å². The predicted molar refractivity (Wildman–Crippen MR) is 65.7 cm³/mol. The summed E-state index contributed by atoms with van der Waals surface area (Å²) in [6.07, 6.45) is 7.50. The standard InChI is InChI=1S/C12H25ClO2/c1-2-14-11-12-15-10-8-6-4-3-5-7-9-13/h2-12H2,1H3. The van der Waals surface area contributed by atoms with Gasteiger partial charge in [0.2, 0.25) is 0 Å². The van der Waals surface area contributed by atoms with Gasteiger partial charge in [0.15, 0.2) is 0 Å². The number of alkyl halides is 1.